The monoisotopic (exact) mass is 254 g/mol. The van der Waals surface area contributed by atoms with Crippen molar-refractivity contribution in [3.05, 3.63) is 0 Å². The van der Waals surface area contributed by atoms with E-state index < -0.39 is 0 Å². The van der Waals surface area contributed by atoms with Crippen molar-refractivity contribution in [1.29, 1.82) is 0 Å². The number of rotatable bonds is 3. The maximum Gasteiger partial charge on any atom is 0.0644 e. The SMILES string of the molecule is CCC1CCC(C)N1C1(CN)CCOC(C)(C)C1. The Hall–Kier alpha value is -0.120. The maximum absolute atomic E-state index is 6.22. The summed E-state index contributed by atoms with van der Waals surface area (Å²) < 4.78 is 5.90. The summed E-state index contributed by atoms with van der Waals surface area (Å²) >= 11 is 0. The number of hydrogen-bond donors (Lipinski definition) is 1. The quantitative estimate of drug-likeness (QED) is 0.841. The molecule has 18 heavy (non-hydrogen) atoms. The molecule has 3 nitrogen and oxygen atoms in total. The second-order valence-corrected chi connectivity index (χ2v) is 6.86. The maximum atomic E-state index is 6.22. The molecule has 3 unspecified atom stereocenters. The van der Waals surface area contributed by atoms with Crippen LogP contribution in [-0.2, 0) is 4.74 Å². The van der Waals surface area contributed by atoms with E-state index in [0.717, 1.165) is 32.0 Å². The molecule has 0 bridgehead atoms. The molecule has 0 aliphatic carbocycles. The molecule has 2 N–H and O–H groups in total. The lowest BCUT2D eigenvalue weighted by Crippen LogP contribution is -2.63. The van der Waals surface area contributed by atoms with Gasteiger partial charge in [0.2, 0.25) is 0 Å². The molecule has 2 rings (SSSR count). The minimum Gasteiger partial charge on any atom is -0.375 e. The summed E-state index contributed by atoms with van der Waals surface area (Å²) in [6.07, 6.45) is 6.06. The fourth-order valence-corrected chi connectivity index (χ4v) is 4.28. The van der Waals surface area contributed by atoms with Gasteiger partial charge in [0.1, 0.15) is 0 Å². The zero-order chi connectivity index (χ0) is 13.4. The first-order valence-electron chi connectivity index (χ1n) is 7.56. The summed E-state index contributed by atoms with van der Waals surface area (Å²) in [4.78, 5) is 2.75. The van der Waals surface area contributed by atoms with E-state index in [2.05, 4.69) is 32.6 Å². The topological polar surface area (TPSA) is 38.5 Å². The minimum absolute atomic E-state index is 0.0295. The van der Waals surface area contributed by atoms with E-state index in [1.54, 1.807) is 0 Å². The van der Waals surface area contributed by atoms with E-state index in [-0.39, 0.29) is 11.1 Å². The Bertz CT molecular complexity index is 292. The van der Waals surface area contributed by atoms with Crippen molar-refractivity contribution >= 4 is 0 Å². The molecule has 0 amide bonds. The van der Waals surface area contributed by atoms with Crippen LogP contribution in [-0.4, -0.2) is 41.3 Å². The van der Waals surface area contributed by atoms with Crippen LogP contribution in [0, 0.1) is 0 Å². The number of likely N-dealkylation sites (tertiary alicyclic amines) is 1. The van der Waals surface area contributed by atoms with Crippen LogP contribution in [0.1, 0.15) is 59.8 Å². The molecule has 0 aromatic rings. The van der Waals surface area contributed by atoms with Crippen molar-refractivity contribution in [2.24, 2.45) is 5.73 Å². The number of nitrogens with zero attached hydrogens (tertiary/aromatic N) is 1. The molecule has 0 aromatic heterocycles. The Balaban J connectivity index is 2.25. The number of hydrogen-bond acceptors (Lipinski definition) is 3. The van der Waals surface area contributed by atoms with Crippen LogP contribution >= 0.6 is 0 Å². The lowest BCUT2D eigenvalue weighted by Gasteiger charge is -2.53. The van der Waals surface area contributed by atoms with E-state index in [4.69, 9.17) is 10.5 Å². The van der Waals surface area contributed by atoms with Gasteiger partial charge < -0.3 is 10.5 Å². The Morgan fingerprint density at radius 2 is 2.06 bits per heavy atom. The third kappa shape index (κ3) is 2.45. The van der Waals surface area contributed by atoms with Gasteiger partial charge in [-0.05, 0) is 52.9 Å². The van der Waals surface area contributed by atoms with Crippen molar-refractivity contribution in [1.82, 2.24) is 4.90 Å². The van der Waals surface area contributed by atoms with Crippen LogP contribution in [0.5, 0.6) is 0 Å². The van der Waals surface area contributed by atoms with Gasteiger partial charge in [0.15, 0.2) is 0 Å². The Morgan fingerprint density at radius 3 is 2.61 bits per heavy atom. The highest BCUT2D eigenvalue weighted by molar-refractivity contribution is 5.04. The van der Waals surface area contributed by atoms with E-state index >= 15 is 0 Å². The van der Waals surface area contributed by atoms with Crippen molar-refractivity contribution in [3.63, 3.8) is 0 Å². The van der Waals surface area contributed by atoms with Crippen LogP contribution in [0.15, 0.2) is 0 Å². The molecule has 3 atom stereocenters. The molecular formula is C15H30N2O. The van der Waals surface area contributed by atoms with Crippen molar-refractivity contribution < 1.29 is 4.74 Å². The van der Waals surface area contributed by atoms with Gasteiger partial charge in [-0.2, -0.15) is 0 Å². The average molecular weight is 254 g/mol. The molecule has 106 valence electrons. The molecular weight excluding hydrogens is 224 g/mol. The van der Waals surface area contributed by atoms with E-state index in [1.165, 1.54) is 19.3 Å². The smallest absolute Gasteiger partial charge is 0.0644 e. The molecule has 2 aliphatic rings. The fraction of sp³-hybridized carbons (Fsp3) is 1.00. The Morgan fingerprint density at radius 1 is 1.33 bits per heavy atom. The molecule has 3 heteroatoms. The molecule has 0 saturated carbocycles. The molecule has 0 radical (unpaired) electrons. The summed E-state index contributed by atoms with van der Waals surface area (Å²) in [6, 6.07) is 1.39. The zero-order valence-electron chi connectivity index (χ0n) is 12.5. The van der Waals surface area contributed by atoms with E-state index in [9.17, 15) is 0 Å². The van der Waals surface area contributed by atoms with Gasteiger partial charge in [-0.1, -0.05) is 6.92 Å². The lowest BCUT2D eigenvalue weighted by molar-refractivity contribution is -0.127. The van der Waals surface area contributed by atoms with Crippen LogP contribution in [0.2, 0.25) is 0 Å². The minimum atomic E-state index is -0.0295. The molecule has 2 aliphatic heterocycles. The Labute approximate surface area is 112 Å². The highest BCUT2D eigenvalue weighted by Crippen LogP contribution is 2.42. The first-order chi connectivity index (χ1) is 8.44. The van der Waals surface area contributed by atoms with Gasteiger partial charge in [0, 0.05) is 30.8 Å². The highest BCUT2D eigenvalue weighted by atomic mass is 16.5. The van der Waals surface area contributed by atoms with Gasteiger partial charge >= 0.3 is 0 Å². The van der Waals surface area contributed by atoms with Crippen molar-refractivity contribution in [2.75, 3.05) is 13.2 Å². The third-order valence-electron chi connectivity index (χ3n) is 5.00. The van der Waals surface area contributed by atoms with Gasteiger partial charge in [-0.3, -0.25) is 4.90 Å². The van der Waals surface area contributed by atoms with Crippen LogP contribution < -0.4 is 5.73 Å². The predicted octanol–water partition coefficient (Wildman–Crippen LogP) is 2.54. The van der Waals surface area contributed by atoms with Gasteiger partial charge in [0.05, 0.1) is 5.60 Å². The number of ether oxygens (including phenoxy) is 1. The normalized spacial score (nSPS) is 41.2. The molecule has 2 heterocycles. The Kier molecular flexibility index (Phi) is 4.05. The van der Waals surface area contributed by atoms with Crippen molar-refractivity contribution in [3.8, 4) is 0 Å². The van der Waals surface area contributed by atoms with Gasteiger partial charge in [0.25, 0.3) is 0 Å². The van der Waals surface area contributed by atoms with E-state index in [1.807, 2.05) is 0 Å². The average Bonchev–Trinajstić information content (AvgIpc) is 2.69. The van der Waals surface area contributed by atoms with Crippen molar-refractivity contribution in [2.45, 2.75) is 83.0 Å². The first-order valence-corrected chi connectivity index (χ1v) is 7.56. The second-order valence-electron chi connectivity index (χ2n) is 6.86. The first kappa shape index (κ1) is 14.3. The fourth-order valence-electron chi connectivity index (χ4n) is 4.28. The zero-order valence-corrected chi connectivity index (χ0v) is 12.5. The summed E-state index contributed by atoms with van der Waals surface area (Å²) in [6.45, 7) is 10.7. The van der Waals surface area contributed by atoms with Crippen LogP contribution in [0.25, 0.3) is 0 Å². The highest BCUT2D eigenvalue weighted by Gasteiger charge is 2.49. The van der Waals surface area contributed by atoms with Gasteiger partial charge in [-0.25, -0.2) is 0 Å². The number of nitrogens with two attached hydrogens (primary N) is 1. The second kappa shape index (κ2) is 5.10. The van der Waals surface area contributed by atoms with Crippen LogP contribution in [0.4, 0.5) is 0 Å². The summed E-state index contributed by atoms with van der Waals surface area (Å²) in [5.41, 5.74) is 6.36. The molecule has 2 fully saturated rings. The molecule has 2 saturated heterocycles. The molecule has 0 aromatic carbocycles. The van der Waals surface area contributed by atoms with Crippen LogP contribution in [0.3, 0.4) is 0 Å². The lowest BCUT2D eigenvalue weighted by atomic mass is 9.78. The standard InChI is InChI=1S/C15H30N2O/c1-5-13-7-6-12(2)17(13)15(11-16)8-9-18-14(3,4)10-15/h12-13H,5-11,16H2,1-4H3. The summed E-state index contributed by atoms with van der Waals surface area (Å²) in [7, 11) is 0. The van der Waals surface area contributed by atoms with E-state index in [0.29, 0.717) is 6.04 Å². The molecule has 0 spiro atoms. The third-order valence-corrected chi connectivity index (χ3v) is 5.00. The summed E-state index contributed by atoms with van der Waals surface area (Å²) in [5, 5.41) is 0. The largest absolute Gasteiger partial charge is 0.375 e. The van der Waals surface area contributed by atoms with Gasteiger partial charge in [-0.15, -0.1) is 0 Å². The summed E-state index contributed by atoms with van der Waals surface area (Å²) in [5.74, 6) is 0. The predicted molar refractivity (Wildman–Crippen MR) is 75.7 cm³/mol.